The molecule has 1 N–H and O–H groups in total. The molecule has 0 aliphatic heterocycles. The Morgan fingerprint density at radius 1 is 1.12 bits per heavy atom. The molecule has 0 atom stereocenters. The number of alkyl halides is 3. The number of carbonyl (C=O) groups excluding carboxylic acids is 1. The first kappa shape index (κ1) is 22.3. The maximum Gasteiger partial charge on any atom is 0.418 e. The summed E-state index contributed by atoms with van der Waals surface area (Å²) in [4.78, 5) is 17.0. The molecule has 0 radical (unpaired) electrons. The fourth-order valence-corrected chi connectivity index (χ4v) is 3.73. The summed E-state index contributed by atoms with van der Waals surface area (Å²) in [5.74, 6) is 0.523. The van der Waals surface area contributed by atoms with E-state index in [0.717, 1.165) is 16.9 Å². The Labute approximate surface area is 189 Å². The van der Waals surface area contributed by atoms with E-state index in [1.165, 1.54) is 36.6 Å². The van der Waals surface area contributed by atoms with Crippen molar-refractivity contribution >= 4 is 22.4 Å². The van der Waals surface area contributed by atoms with Crippen molar-refractivity contribution in [1.82, 2.24) is 20.0 Å². The Kier molecular flexibility index (Phi) is 6.01. The van der Waals surface area contributed by atoms with Gasteiger partial charge in [0.25, 0.3) is 5.91 Å². The average molecular weight is 475 g/mol. The van der Waals surface area contributed by atoms with Crippen LogP contribution in [0.4, 0.5) is 18.3 Å². The zero-order valence-electron chi connectivity index (χ0n) is 17.3. The molecule has 170 valence electrons. The highest BCUT2D eigenvalue weighted by molar-refractivity contribution is 7.14. The molecule has 1 amide bonds. The number of para-hydroxylation sites is 1. The molecule has 2 aromatic heterocycles. The van der Waals surface area contributed by atoms with Crippen LogP contribution in [0.15, 0.2) is 54.0 Å². The monoisotopic (exact) mass is 475 g/mol. The molecule has 12 heteroatoms. The van der Waals surface area contributed by atoms with Crippen molar-refractivity contribution in [2.45, 2.75) is 6.18 Å². The minimum atomic E-state index is -4.58. The van der Waals surface area contributed by atoms with Crippen LogP contribution in [0.25, 0.3) is 16.9 Å². The summed E-state index contributed by atoms with van der Waals surface area (Å²) in [6.07, 6.45) is -3.46. The van der Waals surface area contributed by atoms with Gasteiger partial charge in [-0.25, -0.2) is 9.67 Å². The molecule has 0 fully saturated rings. The third-order valence-corrected chi connectivity index (χ3v) is 5.35. The van der Waals surface area contributed by atoms with Gasteiger partial charge in [-0.15, -0.1) is 16.4 Å². The third kappa shape index (κ3) is 4.65. The first-order valence-corrected chi connectivity index (χ1v) is 10.3. The zero-order valence-corrected chi connectivity index (χ0v) is 18.1. The van der Waals surface area contributed by atoms with E-state index in [0.29, 0.717) is 22.8 Å². The molecule has 0 aliphatic rings. The topological polar surface area (TPSA) is 91.2 Å². The number of hydrogen-bond donors (Lipinski definition) is 1. The van der Waals surface area contributed by atoms with Crippen molar-refractivity contribution in [1.29, 1.82) is 0 Å². The van der Waals surface area contributed by atoms with E-state index in [2.05, 4.69) is 20.6 Å². The molecule has 4 rings (SSSR count). The second-order valence-corrected chi connectivity index (χ2v) is 7.48. The molecule has 0 aliphatic carbocycles. The van der Waals surface area contributed by atoms with Crippen molar-refractivity contribution in [3.8, 4) is 28.4 Å². The van der Waals surface area contributed by atoms with Crippen LogP contribution in [-0.2, 0) is 6.18 Å². The number of methoxy groups -OCH3 is 2. The van der Waals surface area contributed by atoms with E-state index < -0.39 is 17.6 Å². The fourth-order valence-electron chi connectivity index (χ4n) is 3.03. The number of anilines is 1. The number of nitrogens with zero attached hydrogens (tertiary/aromatic N) is 4. The minimum absolute atomic E-state index is 0.164. The number of halogens is 3. The quantitative estimate of drug-likeness (QED) is 0.436. The molecule has 2 heterocycles. The van der Waals surface area contributed by atoms with Crippen molar-refractivity contribution in [2.24, 2.45) is 0 Å². The number of rotatable bonds is 6. The summed E-state index contributed by atoms with van der Waals surface area (Å²) in [5.41, 5.74) is -0.0725. The lowest BCUT2D eigenvalue weighted by molar-refractivity contribution is -0.137. The van der Waals surface area contributed by atoms with Gasteiger partial charge in [0.2, 0.25) is 0 Å². The fraction of sp³-hybridized carbons (Fsp3) is 0.143. The lowest BCUT2D eigenvalue weighted by atomic mass is 10.1. The highest BCUT2D eigenvalue weighted by Gasteiger charge is 2.34. The van der Waals surface area contributed by atoms with Gasteiger partial charge in [0.15, 0.2) is 10.8 Å². The van der Waals surface area contributed by atoms with Gasteiger partial charge >= 0.3 is 6.18 Å². The summed E-state index contributed by atoms with van der Waals surface area (Å²) in [5, 5.41) is 12.0. The number of amides is 1. The van der Waals surface area contributed by atoms with Gasteiger partial charge in [-0.2, -0.15) is 13.2 Å². The third-order valence-electron chi connectivity index (χ3n) is 4.59. The maximum absolute atomic E-state index is 13.3. The summed E-state index contributed by atoms with van der Waals surface area (Å²) in [6, 6.07) is 10.1. The average Bonchev–Trinajstić information content (AvgIpc) is 3.48. The van der Waals surface area contributed by atoms with Crippen LogP contribution in [0.3, 0.4) is 0 Å². The van der Waals surface area contributed by atoms with Crippen LogP contribution >= 0.6 is 11.3 Å². The van der Waals surface area contributed by atoms with Crippen molar-refractivity contribution in [2.75, 3.05) is 19.5 Å². The highest BCUT2D eigenvalue weighted by Crippen LogP contribution is 2.35. The molecule has 0 bridgehead atoms. The molecule has 0 saturated heterocycles. The minimum Gasteiger partial charge on any atom is -0.497 e. The van der Waals surface area contributed by atoms with Gasteiger partial charge in [-0.3, -0.25) is 10.1 Å². The Hall–Kier alpha value is -3.93. The van der Waals surface area contributed by atoms with E-state index in [-0.39, 0.29) is 16.5 Å². The van der Waals surface area contributed by atoms with Gasteiger partial charge in [0, 0.05) is 10.9 Å². The first-order valence-electron chi connectivity index (χ1n) is 9.38. The first-order chi connectivity index (χ1) is 15.8. The number of benzene rings is 2. The summed E-state index contributed by atoms with van der Waals surface area (Å²) >= 11 is 1.17. The smallest absolute Gasteiger partial charge is 0.418 e. The van der Waals surface area contributed by atoms with E-state index in [1.54, 1.807) is 30.7 Å². The molecule has 2 aromatic carbocycles. The standard InChI is InChI=1S/C21H16F3N5O3S/c1-31-12-7-8-18(32-2)13(9-12)16-11-33-20(25-16)26-19(30)15-10-29(28-27-15)17-6-4-3-5-14(17)21(22,23)24/h3-11H,1-2H3,(H,25,26,30). The van der Waals surface area contributed by atoms with E-state index >= 15 is 0 Å². The van der Waals surface area contributed by atoms with Gasteiger partial charge < -0.3 is 9.47 Å². The summed E-state index contributed by atoms with van der Waals surface area (Å²) in [7, 11) is 3.07. The molecular weight excluding hydrogens is 459 g/mol. The van der Waals surface area contributed by atoms with Crippen LogP contribution in [0.2, 0.25) is 0 Å². The molecule has 0 saturated carbocycles. The second kappa shape index (κ2) is 8.90. The Balaban J connectivity index is 1.55. The van der Waals surface area contributed by atoms with Crippen LogP contribution in [-0.4, -0.2) is 40.1 Å². The number of aromatic nitrogens is 4. The Morgan fingerprint density at radius 3 is 2.64 bits per heavy atom. The lowest BCUT2D eigenvalue weighted by Gasteiger charge is -2.11. The number of nitrogens with one attached hydrogen (secondary N) is 1. The van der Waals surface area contributed by atoms with Crippen LogP contribution in [0.1, 0.15) is 16.1 Å². The normalized spacial score (nSPS) is 11.3. The summed E-state index contributed by atoms with van der Waals surface area (Å²) in [6.45, 7) is 0. The number of thiazole rings is 1. The predicted octanol–water partition coefficient (Wildman–Crippen LogP) is 4.68. The zero-order chi connectivity index (χ0) is 23.6. The molecule has 0 unspecified atom stereocenters. The molecule has 8 nitrogen and oxygen atoms in total. The van der Waals surface area contributed by atoms with Crippen molar-refractivity contribution in [3.63, 3.8) is 0 Å². The van der Waals surface area contributed by atoms with E-state index in [4.69, 9.17) is 9.47 Å². The number of hydrogen-bond acceptors (Lipinski definition) is 7. The number of ether oxygens (including phenoxy) is 2. The predicted molar refractivity (Wildman–Crippen MR) is 115 cm³/mol. The SMILES string of the molecule is COc1ccc(OC)c(-c2csc(NC(=O)c3cn(-c4ccccc4C(F)(F)F)nn3)n2)c1. The van der Waals surface area contributed by atoms with Crippen LogP contribution in [0, 0.1) is 0 Å². The molecule has 4 aromatic rings. The van der Waals surface area contributed by atoms with Crippen LogP contribution in [0.5, 0.6) is 11.5 Å². The molecule has 33 heavy (non-hydrogen) atoms. The Bertz CT molecular complexity index is 1300. The highest BCUT2D eigenvalue weighted by atomic mass is 32.1. The van der Waals surface area contributed by atoms with Crippen molar-refractivity contribution in [3.05, 3.63) is 65.3 Å². The largest absolute Gasteiger partial charge is 0.497 e. The van der Waals surface area contributed by atoms with Gasteiger partial charge in [-0.05, 0) is 30.3 Å². The maximum atomic E-state index is 13.3. The van der Waals surface area contributed by atoms with E-state index in [9.17, 15) is 18.0 Å². The number of carbonyl (C=O) groups is 1. The molecular formula is C21H16F3N5O3S. The van der Waals surface area contributed by atoms with Gasteiger partial charge in [-0.1, -0.05) is 17.3 Å². The van der Waals surface area contributed by atoms with Gasteiger partial charge in [0.05, 0.1) is 37.4 Å². The van der Waals surface area contributed by atoms with Crippen LogP contribution < -0.4 is 14.8 Å². The second-order valence-electron chi connectivity index (χ2n) is 6.62. The molecule has 0 spiro atoms. The lowest BCUT2D eigenvalue weighted by Crippen LogP contribution is -2.12. The summed E-state index contributed by atoms with van der Waals surface area (Å²) < 4.78 is 51.3. The Morgan fingerprint density at radius 2 is 1.91 bits per heavy atom. The van der Waals surface area contributed by atoms with Crippen molar-refractivity contribution < 1.29 is 27.4 Å². The van der Waals surface area contributed by atoms with Gasteiger partial charge in [0.1, 0.15) is 11.5 Å². The van der Waals surface area contributed by atoms with E-state index in [1.807, 2.05) is 0 Å².